The topological polar surface area (TPSA) is 103 Å². The smallest absolute Gasteiger partial charge is 0.252 e. The number of hydrogen-bond donors (Lipinski definition) is 2. The van der Waals surface area contributed by atoms with Gasteiger partial charge in [0.15, 0.2) is 0 Å². The van der Waals surface area contributed by atoms with E-state index in [1.807, 2.05) is 37.9 Å². The van der Waals surface area contributed by atoms with E-state index in [4.69, 9.17) is 4.74 Å². The number of nitrogens with one attached hydrogen (secondary N) is 1. The highest BCUT2D eigenvalue weighted by Crippen LogP contribution is 2.36. The highest BCUT2D eigenvalue weighted by atomic mass is 32.2. The average Bonchev–Trinajstić information content (AvgIpc) is 3.25. The fourth-order valence-corrected chi connectivity index (χ4v) is 6.81. The van der Waals surface area contributed by atoms with Gasteiger partial charge in [0.25, 0.3) is 5.56 Å². The summed E-state index contributed by atoms with van der Waals surface area (Å²) in [4.78, 5) is 18.1. The van der Waals surface area contributed by atoms with Gasteiger partial charge in [-0.1, -0.05) is 12.1 Å². The van der Waals surface area contributed by atoms with Crippen molar-refractivity contribution in [1.29, 1.82) is 0 Å². The summed E-state index contributed by atoms with van der Waals surface area (Å²) < 4.78 is 34.9. The Morgan fingerprint density at radius 2 is 1.97 bits per heavy atom. The summed E-state index contributed by atoms with van der Waals surface area (Å²) in [5.74, 6) is 0.515. The van der Waals surface area contributed by atoms with Gasteiger partial charge < -0.3 is 19.7 Å². The Morgan fingerprint density at radius 3 is 2.71 bits per heavy atom. The second-order valence-electron chi connectivity index (χ2n) is 9.61. The van der Waals surface area contributed by atoms with Crippen LogP contribution in [0.2, 0.25) is 0 Å². The van der Waals surface area contributed by atoms with Gasteiger partial charge in [0.05, 0.1) is 34.8 Å². The monoisotopic (exact) mass is 497 g/mol. The number of nitrogens with zero attached hydrogens (tertiary/aromatic N) is 2. The maximum absolute atomic E-state index is 13.9. The van der Waals surface area contributed by atoms with Crippen LogP contribution in [0.25, 0.3) is 10.9 Å². The second-order valence-corrected chi connectivity index (χ2v) is 11.5. The Morgan fingerprint density at radius 1 is 1.17 bits per heavy atom. The van der Waals surface area contributed by atoms with Gasteiger partial charge in [0.1, 0.15) is 12.4 Å². The molecule has 2 aliphatic rings. The zero-order valence-electron chi connectivity index (χ0n) is 20.2. The van der Waals surface area contributed by atoms with Crippen LogP contribution in [0.1, 0.15) is 36.0 Å². The number of fused-ring (bicyclic) bond motifs is 2. The Balaban J connectivity index is 1.58. The first-order chi connectivity index (χ1) is 16.7. The molecule has 3 aromatic rings. The second kappa shape index (κ2) is 8.96. The summed E-state index contributed by atoms with van der Waals surface area (Å²) >= 11 is 0. The first-order valence-corrected chi connectivity index (χ1v) is 13.4. The molecule has 2 heterocycles. The largest absolute Gasteiger partial charge is 0.490 e. The van der Waals surface area contributed by atoms with Gasteiger partial charge in [-0.3, -0.25) is 4.79 Å². The van der Waals surface area contributed by atoms with Gasteiger partial charge in [-0.05, 0) is 67.8 Å². The number of anilines is 1. The molecule has 2 atom stereocenters. The molecule has 1 aliphatic carbocycles. The Labute approximate surface area is 205 Å². The lowest BCUT2D eigenvalue weighted by atomic mass is 10.0. The Kier molecular flexibility index (Phi) is 6.11. The van der Waals surface area contributed by atoms with Gasteiger partial charge in [0, 0.05) is 25.2 Å². The van der Waals surface area contributed by atoms with Crippen molar-refractivity contribution in [3.63, 3.8) is 0 Å². The molecule has 9 heteroatoms. The predicted octanol–water partition coefficient (Wildman–Crippen LogP) is 3.08. The van der Waals surface area contributed by atoms with E-state index in [1.54, 1.807) is 24.3 Å². The number of likely N-dealkylation sites (N-methyl/N-ethyl adjacent to an activating group) is 1. The van der Waals surface area contributed by atoms with Crippen LogP contribution in [0, 0.1) is 13.8 Å². The minimum Gasteiger partial charge on any atom is -0.490 e. The lowest BCUT2D eigenvalue weighted by molar-refractivity contribution is 0.110. The molecule has 0 saturated heterocycles. The molecule has 35 heavy (non-hydrogen) atoms. The normalized spacial score (nSPS) is 20.3. The summed E-state index contributed by atoms with van der Waals surface area (Å²) in [6.45, 7) is 5.01. The summed E-state index contributed by atoms with van der Waals surface area (Å²) in [5, 5.41) is 11.5. The molecule has 0 unspecified atom stereocenters. The number of hydrogen-bond acceptors (Lipinski definition) is 6. The maximum Gasteiger partial charge on any atom is 0.252 e. The zero-order chi connectivity index (χ0) is 24.9. The number of aromatic amines is 1. The SMILES string of the molecule is Cc1ccc2cc(CN([C@H]3CCC[C@H]3O)S(=O)(=O)c3ccc4c(c3)OCCN4C)c(=O)[nH]c2c1C. The van der Waals surface area contributed by atoms with Crippen molar-refractivity contribution >= 4 is 26.6 Å². The molecule has 2 N–H and O–H groups in total. The quantitative estimate of drug-likeness (QED) is 0.562. The highest BCUT2D eigenvalue weighted by molar-refractivity contribution is 7.89. The number of aromatic nitrogens is 1. The predicted molar refractivity (Wildman–Crippen MR) is 136 cm³/mol. The lowest BCUT2D eigenvalue weighted by Crippen LogP contribution is -2.44. The lowest BCUT2D eigenvalue weighted by Gasteiger charge is -2.31. The third-order valence-corrected chi connectivity index (χ3v) is 9.27. The van der Waals surface area contributed by atoms with E-state index >= 15 is 0 Å². The van der Waals surface area contributed by atoms with Crippen LogP contribution < -0.4 is 15.2 Å². The van der Waals surface area contributed by atoms with Crippen LogP contribution in [-0.2, 0) is 16.6 Å². The van der Waals surface area contributed by atoms with Crippen molar-refractivity contribution in [2.24, 2.45) is 0 Å². The molecule has 2 aromatic carbocycles. The molecule has 0 spiro atoms. The van der Waals surface area contributed by atoms with Gasteiger partial charge in [-0.15, -0.1) is 0 Å². The van der Waals surface area contributed by atoms with Crippen molar-refractivity contribution in [1.82, 2.24) is 9.29 Å². The fourth-order valence-electron chi connectivity index (χ4n) is 5.13. The van der Waals surface area contributed by atoms with Gasteiger partial charge in [0.2, 0.25) is 10.0 Å². The Bertz CT molecular complexity index is 1450. The number of aliphatic hydroxyl groups excluding tert-OH is 1. The number of rotatable bonds is 5. The summed E-state index contributed by atoms with van der Waals surface area (Å²) in [5.41, 5.74) is 3.66. The van der Waals surface area contributed by atoms with E-state index in [-0.39, 0.29) is 17.0 Å². The number of aliphatic hydroxyl groups is 1. The number of benzene rings is 2. The molecular weight excluding hydrogens is 466 g/mol. The van der Waals surface area contributed by atoms with Crippen molar-refractivity contribution in [3.05, 3.63) is 63.4 Å². The van der Waals surface area contributed by atoms with Crippen LogP contribution in [0.5, 0.6) is 5.75 Å². The first-order valence-electron chi connectivity index (χ1n) is 12.0. The highest BCUT2D eigenvalue weighted by Gasteiger charge is 2.39. The van der Waals surface area contributed by atoms with E-state index < -0.39 is 22.2 Å². The van der Waals surface area contributed by atoms with Crippen molar-refractivity contribution in [2.45, 2.75) is 56.7 Å². The summed E-state index contributed by atoms with van der Waals surface area (Å²) in [7, 11) is -2.09. The Hall–Kier alpha value is -2.88. The zero-order valence-corrected chi connectivity index (χ0v) is 21.1. The fraction of sp³-hybridized carbons (Fsp3) is 0.423. The van der Waals surface area contributed by atoms with E-state index in [2.05, 4.69) is 4.98 Å². The van der Waals surface area contributed by atoms with E-state index in [0.29, 0.717) is 30.8 Å². The molecule has 1 aliphatic heterocycles. The molecule has 186 valence electrons. The molecular formula is C26H31N3O5S. The number of sulfonamides is 1. The average molecular weight is 498 g/mol. The maximum atomic E-state index is 13.9. The van der Waals surface area contributed by atoms with Crippen molar-refractivity contribution in [2.75, 3.05) is 25.1 Å². The molecule has 5 rings (SSSR count). The molecule has 1 aromatic heterocycles. The molecule has 0 bridgehead atoms. The molecule has 8 nitrogen and oxygen atoms in total. The number of aryl methyl sites for hydroxylation is 2. The third kappa shape index (κ3) is 4.22. The molecule has 1 fully saturated rings. The molecule has 0 amide bonds. The van der Waals surface area contributed by atoms with Crippen molar-refractivity contribution in [3.8, 4) is 5.75 Å². The number of H-pyrrole nitrogens is 1. The third-order valence-electron chi connectivity index (χ3n) is 7.40. The molecule has 0 radical (unpaired) electrons. The standard InChI is InChI=1S/C26H31N3O5S/c1-16-7-8-18-13-19(26(31)27-25(18)17(16)2)15-29(21-5-4-6-23(21)30)35(32,33)20-9-10-22-24(14-20)34-12-11-28(22)3/h7-10,13-14,21,23,30H,4-6,11-12,15H2,1-3H3,(H,27,31)/t21-,23+/m0/s1. The number of pyridine rings is 1. The van der Waals surface area contributed by atoms with Crippen LogP contribution in [0.3, 0.4) is 0 Å². The van der Waals surface area contributed by atoms with Crippen LogP contribution in [0.15, 0.2) is 46.1 Å². The summed E-state index contributed by atoms with van der Waals surface area (Å²) in [6.07, 6.45) is 1.01. The van der Waals surface area contributed by atoms with Crippen molar-refractivity contribution < 1.29 is 18.3 Å². The molecule has 1 saturated carbocycles. The minimum absolute atomic E-state index is 0.0920. The van der Waals surface area contributed by atoms with Gasteiger partial charge >= 0.3 is 0 Å². The summed E-state index contributed by atoms with van der Waals surface area (Å²) in [6, 6.07) is 9.94. The van der Waals surface area contributed by atoms with E-state index in [0.717, 1.165) is 40.7 Å². The first kappa shape index (κ1) is 23.8. The van der Waals surface area contributed by atoms with Crippen LogP contribution in [0.4, 0.5) is 5.69 Å². The van der Waals surface area contributed by atoms with Gasteiger partial charge in [-0.25, -0.2) is 8.42 Å². The van der Waals surface area contributed by atoms with Gasteiger partial charge in [-0.2, -0.15) is 4.31 Å². The van der Waals surface area contributed by atoms with Crippen LogP contribution in [-0.4, -0.2) is 55.2 Å². The minimum atomic E-state index is -4.03. The van der Waals surface area contributed by atoms with Crippen LogP contribution >= 0.6 is 0 Å². The van der Waals surface area contributed by atoms with E-state index in [1.165, 1.54) is 4.31 Å². The number of ether oxygens (including phenoxy) is 1. The van der Waals surface area contributed by atoms with E-state index in [9.17, 15) is 18.3 Å².